The van der Waals surface area contributed by atoms with E-state index in [1.54, 1.807) is 12.0 Å². The standard InChI is InChI=1S/C21H24N4OS/c1-26-19-9-7-18(8-10-19)20-22-21(27)25(23-20)15-24-13-11-17(12-14-24)16-5-3-2-4-6-16/h2-10,17H,11-15H2,1H3,(H,22,23,27)/p+1. The fourth-order valence-electron chi connectivity index (χ4n) is 3.81. The zero-order chi connectivity index (χ0) is 18.6. The molecule has 4 rings (SSSR count). The number of rotatable bonds is 5. The number of piperidine rings is 1. The van der Waals surface area contributed by atoms with Gasteiger partial charge in [0.05, 0.1) is 20.2 Å². The van der Waals surface area contributed by atoms with Gasteiger partial charge in [-0.2, -0.15) is 4.98 Å². The number of aromatic amines is 1. The van der Waals surface area contributed by atoms with Crippen molar-refractivity contribution in [2.75, 3.05) is 20.2 Å². The largest absolute Gasteiger partial charge is 0.497 e. The number of aromatic nitrogens is 3. The van der Waals surface area contributed by atoms with Gasteiger partial charge < -0.3 is 9.64 Å². The summed E-state index contributed by atoms with van der Waals surface area (Å²) >= 11 is 5.47. The predicted octanol–water partition coefficient (Wildman–Crippen LogP) is 3.04. The Kier molecular flexibility index (Phi) is 5.36. The van der Waals surface area contributed by atoms with Crippen LogP contribution < -0.4 is 9.64 Å². The Labute approximate surface area is 164 Å². The van der Waals surface area contributed by atoms with Crippen molar-refractivity contribution in [1.29, 1.82) is 0 Å². The van der Waals surface area contributed by atoms with Gasteiger partial charge in [0, 0.05) is 18.4 Å². The van der Waals surface area contributed by atoms with E-state index in [2.05, 4.69) is 40.4 Å². The molecular weight excluding hydrogens is 356 g/mol. The summed E-state index contributed by atoms with van der Waals surface area (Å²) in [6.45, 7) is 3.14. The second-order valence-electron chi connectivity index (χ2n) is 7.10. The highest BCUT2D eigenvalue weighted by Crippen LogP contribution is 2.23. The summed E-state index contributed by atoms with van der Waals surface area (Å²) in [6, 6.07) is 18.7. The molecule has 0 radical (unpaired) electrons. The molecule has 0 unspecified atom stereocenters. The molecule has 1 aliphatic rings. The summed E-state index contributed by atoms with van der Waals surface area (Å²) in [5.74, 6) is 2.32. The average molecular weight is 382 g/mol. The van der Waals surface area contributed by atoms with E-state index in [4.69, 9.17) is 17.0 Å². The number of hydrogen-bond acceptors (Lipinski definition) is 3. The third-order valence-corrected chi connectivity index (χ3v) is 5.70. The lowest BCUT2D eigenvalue weighted by molar-refractivity contribution is -0.928. The molecule has 1 saturated heterocycles. The summed E-state index contributed by atoms with van der Waals surface area (Å²) in [6.07, 6.45) is 2.43. The molecule has 0 saturated carbocycles. The van der Waals surface area contributed by atoms with Crippen molar-refractivity contribution < 1.29 is 9.64 Å². The summed E-state index contributed by atoms with van der Waals surface area (Å²) in [7, 11) is 1.67. The van der Waals surface area contributed by atoms with Crippen molar-refractivity contribution in [2.45, 2.75) is 25.4 Å². The normalized spacial score (nSPS) is 19.7. The maximum Gasteiger partial charge on any atom is 0.221 e. The minimum atomic E-state index is 0.610. The Morgan fingerprint density at radius 2 is 1.81 bits per heavy atom. The number of benzene rings is 2. The average Bonchev–Trinajstić information content (AvgIpc) is 3.09. The highest BCUT2D eigenvalue weighted by atomic mass is 32.1. The SMILES string of the molecule is COc1ccc(-c2nc(=S)n(C[NH+]3CCC(c4ccccc4)CC3)[nH]2)cc1. The zero-order valence-electron chi connectivity index (χ0n) is 15.5. The third-order valence-electron chi connectivity index (χ3n) is 5.39. The molecule has 1 aromatic heterocycles. The van der Waals surface area contributed by atoms with Gasteiger partial charge in [0.15, 0.2) is 12.5 Å². The maximum absolute atomic E-state index is 5.47. The van der Waals surface area contributed by atoms with Crippen LogP contribution in [0, 0.1) is 4.77 Å². The highest BCUT2D eigenvalue weighted by molar-refractivity contribution is 7.71. The van der Waals surface area contributed by atoms with Crippen molar-refractivity contribution in [1.82, 2.24) is 14.8 Å². The van der Waals surface area contributed by atoms with Crippen LogP contribution >= 0.6 is 12.2 Å². The lowest BCUT2D eigenvalue weighted by Gasteiger charge is -2.29. The molecule has 6 heteroatoms. The molecule has 2 heterocycles. The number of nitrogens with one attached hydrogen (secondary N) is 2. The van der Waals surface area contributed by atoms with Crippen LogP contribution in [-0.4, -0.2) is 35.0 Å². The first kappa shape index (κ1) is 17.9. The Morgan fingerprint density at radius 1 is 1.11 bits per heavy atom. The number of ether oxygens (including phenoxy) is 1. The number of hydrogen-bond donors (Lipinski definition) is 2. The molecule has 1 aliphatic heterocycles. The maximum atomic E-state index is 5.47. The highest BCUT2D eigenvalue weighted by Gasteiger charge is 2.23. The first-order chi connectivity index (χ1) is 13.2. The second-order valence-corrected chi connectivity index (χ2v) is 7.47. The summed E-state index contributed by atoms with van der Waals surface area (Å²) in [5.41, 5.74) is 2.48. The molecule has 0 spiro atoms. The van der Waals surface area contributed by atoms with Crippen LogP contribution in [0.2, 0.25) is 0 Å². The lowest BCUT2D eigenvalue weighted by atomic mass is 9.90. The third kappa shape index (κ3) is 4.12. The first-order valence-corrected chi connectivity index (χ1v) is 9.83. The van der Waals surface area contributed by atoms with Crippen LogP contribution in [0.1, 0.15) is 24.3 Å². The van der Waals surface area contributed by atoms with Gasteiger partial charge in [0.1, 0.15) is 5.75 Å². The fourth-order valence-corrected chi connectivity index (χ4v) is 4.01. The van der Waals surface area contributed by atoms with Crippen LogP contribution in [0.25, 0.3) is 11.4 Å². The number of methoxy groups -OCH3 is 1. The van der Waals surface area contributed by atoms with E-state index < -0.39 is 0 Å². The summed E-state index contributed by atoms with van der Waals surface area (Å²) in [4.78, 5) is 6.08. The topological polar surface area (TPSA) is 47.3 Å². The summed E-state index contributed by atoms with van der Waals surface area (Å²) in [5, 5.41) is 3.37. The monoisotopic (exact) mass is 381 g/mol. The number of nitrogens with zero attached hydrogens (tertiary/aromatic N) is 2. The van der Waals surface area contributed by atoms with E-state index in [1.807, 2.05) is 28.9 Å². The van der Waals surface area contributed by atoms with Crippen molar-refractivity contribution >= 4 is 12.2 Å². The predicted molar refractivity (Wildman–Crippen MR) is 109 cm³/mol. The number of quaternary nitrogens is 1. The number of H-pyrrole nitrogens is 1. The van der Waals surface area contributed by atoms with Crippen LogP contribution in [0.3, 0.4) is 0 Å². The molecule has 0 atom stereocenters. The second kappa shape index (κ2) is 8.06. The molecule has 5 nitrogen and oxygen atoms in total. The van der Waals surface area contributed by atoms with Gasteiger partial charge in [-0.1, -0.05) is 30.3 Å². The molecule has 140 valence electrons. The van der Waals surface area contributed by atoms with Gasteiger partial charge in [0.25, 0.3) is 0 Å². The molecule has 3 aromatic rings. The molecule has 0 aliphatic carbocycles. The fraction of sp³-hybridized carbons (Fsp3) is 0.333. The van der Waals surface area contributed by atoms with Crippen molar-refractivity contribution in [3.8, 4) is 17.1 Å². The lowest BCUT2D eigenvalue weighted by Crippen LogP contribution is -3.12. The van der Waals surface area contributed by atoms with Crippen LogP contribution in [0.4, 0.5) is 0 Å². The first-order valence-electron chi connectivity index (χ1n) is 9.43. The van der Waals surface area contributed by atoms with E-state index in [0.717, 1.165) is 36.9 Å². The molecule has 1 fully saturated rings. The van der Waals surface area contributed by atoms with Crippen LogP contribution in [0.5, 0.6) is 5.75 Å². The van der Waals surface area contributed by atoms with Crippen LogP contribution in [0.15, 0.2) is 54.6 Å². The quantitative estimate of drug-likeness (QED) is 0.668. The molecule has 27 heavy (non-hydrogen) atoms. The van der Waals surface area contributed by atoms with Gasteiger partial charge in [-0.25, -0.2) is 4.68 Å². The Hall–Kier alpha value is -2.44. The Morgan fingerprint density at radius 3 is 2.48 bits per heavy atom. The van der Waals surface area contributed by atoms with Crippen LogP contribution in [-0.2, 0) is 6.67 Å². The molecule has 2 N–H and O–H groups in total. The summed E-state index contributed by atoms with van der Waals surface area (Å²) < 4.78 is 7.82. The molecule has 0 amide bonds. The minimum Gasteiger partial charge on any atom is -0.497 e. The van der Waals surface area contributed by atoms with E-state index >= 15 is 0 Å². The van der Waals surface area contributed by atoms with Gasteiger partial charge in [-0.15, -0.1) is 0 Å². The Bertz CT molecular complexity index is 925. The van der Waals surface area contributed by atoms with Gasteiger partial charge in [-0.3, -0.25) is 5.10 Å². The van der Waals surface area contributed by atoms with E-state index in [9.17, 15) is 0 Å². The Balaban J connectivity index is 1.40. The van der Waals surface area contributed by atoms with Crippen molar-refractivity contribution in [3.05, 3.63) is 64.9 Å². The minimum absolute atomic E-state index is 0.610. The zero-order valence-corrected chi connectivity index (χ0v) is 16.3. The van der Waals surface area contributed by atoms with Crippen molar-refractivity contribution in [2.24, 2.45) is 0 Å². The van der Waals surface area contributed by atoms with Crippen molar-refractivity contribution in [3.63, 3.8) is 0 Å². The van der Waals surface area contributed by atoms with E-state index in [0.29, 0.717) is 10.7 Å². The van der Waals surface area contributed by atoms with Gasteiger partial charge in [-0.05, 0) is 48.0 Å². The van der Waals surface area contributed by atoms with E-state index in [1.165, 1.54) is 18.4 Å². The smallest absolute Gasteiger partial charge is 0.221 e. The molecular formula is C21H25N4OS+. The number of likely N-dealkylation sites (tertiary alicyclic amines) is 1. The van der Waals surface area contributed by atoms with E-state index in [-0.39, 0.29) is 0 Å². The molecule has 2 aromatic carbocycles. The van der Waals surface area contributed by atoms with Gasteiger partial charge in [0.2, 0.25) is 4.77 Å². The molecule has 0 bridgehead atoms. The van der Waals surface area contributed by atoms with Gasteiger partial charge >= 0.3 is 0 Å².